The second kappa shape index (κ2) is 5.24. The van der Waals surface area contributed by atoms with Crippen molar-refractivity contribution in [1.29, 1.82) is 0 Å². The van der Waals surface area contributed by atoms with Gasteiger partial charge < -0.3 is 5.73 Å². The summed E-state index contributed by atoms with van der Waals surface area (Å²) in [4.78, 5) is 0.136. The highest BCUT2D eigenvalue weighted by atomic mass is 32.2. The standard InChI is InChI=1S/C14H14N2O2S/c1-11-7-9-13(10-8-11)19(17,18)16-14(15)12-5-3-2-4-6-12/h2-10H,1H3,(H2,15,16). The smallest absolute Gasteiger partial charge is 0.284 e. The minimum Gasteiger partial charge on any atom is -0.383 e. The molecular weight excluding hydrogens is 260 g/mol. The molecule has 0 heterocycles. The van der Waals surface area contributed by atoms with Crippen molar-refractivity contribution >= 4 is 15.9 Å². The van der Waals surface area contributed by atoms with Crippen LogP contribution in [-0.2, 0) is 10.0 Å². The van der Waals surface area contributed by atoms with Crippen molar-refractivity contribution in [3.05, 3.63) is 65.7 Å². The lowest BCUT2D eigenvalue weighted by molar-refractivity contribution is 0.598. The Hall–Kier alpha value is -2.14. The first kappa shape index (κ1) is 13.3. The maximum atomic E-state index is 12.1. The Kier molecular flexibility index (Phi) is 3.66. The lowest BCUT2D eigenvalue weighted by Crippen LogP contribution is -2.16. The maximum absolute atomic E-state index is 12.1. The van der Waals surface area contributed by atoms with Crippen LogP contribution < -0.4 is 5.73 Å². The largest absolute Gasteiger partial charge is 0.383 e. The molecular formula is C14H14N2O2S. The van der Waals surface area contributed by atoms with Gasteiger partial charge in [0.05, 0.1) is 4.90 Å². The Labute approximate surface area is 112 Å². The third-order valence-corrected chi connectivity index (χ3v) is 3.91. The van der Waals surface area contributed by atoms with Gasteiger partial charge in [0.25, 0.3) is 10.0 Å². The van der Waals surface area contributed by atoms with E-state index in [1.54, 1.807) is 36.4 Å². The van der Waals surface area contributed by atoms with Crippen molar-refractivity contribution in [2.75, 3.05) is 0 Å². The van der Waals surface area contributed by atoms with Gasteiger partial charge in [0.1, 0.15) is 5.84 Å². The molecule has 0 saturated heterocycles. The van der Waals surface area contributed by atoms with Crippen molar-refractivity contribution in [2.45, 2.75) is 11.8 Å². The molecule has 0 fully saturated rings. The Bertz CT molecular complexity index is 690. The van der Waals surface area contributed by atoms with Crippen LogP contribution in [0.4, 0.5) is 0 Å². The normalized spacial score (nSPS) is 12.4. The van der Waals surface area contributed by atoms with E-state index in [0.717, 1.165) is 5.56 Å². The molecule has 19 heavy (non-hydrogen) atoms. The second-order valence-electron chi connectivity index (χ2n) is 4.13. The molecule has 2 aromatic rings. The van der Waals surface area contributed by atoms with E-state index in [1.807, 2.05) is 13.0 Å². The first-order valence-corrected chi connectivity index (χ1v) is 7.15. The molecule has 0 saturated carbocycles. The summed E-state index contributed by atoms with van der Waals surface area (Å²) in [5, 5.41) is 0. The van der Waals surface area contributed by atoms with Crippen LogP contribution in [0.3, 0.4) is 0 Å². The van der Waals surface area contributed by atoms with Crippen LogP contribution in [-0.4, -0.2) is 14.3 Å². The Morgan fingerprint density at radius 2 is 1.58 bits per heavy atom. The number of hydrogen-bond donors (Lipinski definition) is 1. The van der Waals surface area contributed by atoms with E-state index in [1.165, 1.54) is 12.1 Å². The zero-order valence-electron chi connectivity index (χ0n) is 10.4. The van der Waals surface area contributed by atoms with Crippen molar-refractivity contribution in [3.8, 4) is 0 Å². The molecule has 2 rings (SSSR count). The van der Waals surface area contributed by atoms with Gasteiger partial charge in [-0.15, -0.1) is 4.40 Å². The van der Waals surface area contributed by atoms with Gasteiger partial charge in [-0.2, -0.15) is 8.42 Å². The Morgan fingerprint density at radius 3 is 2.16 bits per heavy atom. The second-order valence-corrected chi connectivity index (χ2v) is 5.73. The number of sulfonamides is 1. The molecule has 0 unspecified atom stereocenters. The fraction of sp³-hybridized carbons (Fsp3) is 0.0714. The first-order chi connectivity index (χ1) is 8.99. The Morgan fingerprint density at radius 1 is 1.00 bits per heavy atom. The van der Waals surface area contributed by atoms with Gasteiger partial charge in [-0.05, 0) is 19.1 Å². The molecule has 0 amide bonds. The highest BCUT2D eigenvalue weighted by Crippen LogP contribution is 2.14. The average molecular weight is 274 g/mol. The molecule has 0 aliphatic carbocycles. The quantitative estimate of drug-likeness (QED) is 0.688. The van der Waals surface area contributed by atoms with Crippen LogP contribution in [0.2, 0.25) is 0 Å². The van der Waals surface area contributed by atoms with Gasteiger partial charge in [-0.3, -0.25) is 0 Å². The summed E-state index contributed by atoms with van der Waals surface area (Å²) in [5.74, 6) is -0.0128. The molecule has 2 N–H and O–H groups in total. The molecule has 5 heteroatoms. The molecule has 98 valence electrons. The topological polar surface area (TPSA) is 72.5 Å². The zero-order chi connectivity index (χ0) is 13.9. The van der Waals surface area contributed by atoms with E-state index >= 15 is 0 Å². The SMILES string of the molecule is Cc1ccc(S(=O)(=O)/N=C(\N)c2ccccc2)cc1. The number of nitrogens with zero attached hydrogens (tertiary/aromatic N) is 1. The molecule has 4 nitrogen and oxygen atoms in total. The van der Waals surface area contributed by atoms with Gasteiger partial charge in [0, 0.05) is 5.56 Å². The van der Waals surface area contributed by atoms with Crippen LogP contribution in [0.1, 0.15) is 11.1 Å². The van der Waals surface area contributed by atoms with E-state index in [-0.39, 0.29) is 10.7 Å². The van der Waals surface area contributed by atoms with Crippen molar-refractivity contribution in [2.24, 2.45) is 10.1 Å². The van der Waals surface area contributed by atoms with Gasteiger partial charge >= 0.3 is 0 Å². The molecule has 0 aromatic heterocycles. The van der Waals surface area contributed by atoms with Crippen LogP contribution in [0.15, 0.2) is 63.9 Å². The number of aryl methyl sites for hydroxylation is 1. The molecule has 0 radical (unpaired) electrons. The predicted molar refractivity (Wildman–Crippen MR) is 75.5 cm³/mol. The molecule has 0 aliphatic heterocycles. The number of hydrogen-bond acceptors (Lipinski definition) is 2. The van der Waals surface area contributed by atoms with Crippen LogP contribution >= 0.6 is 0 Å². The summed E-state index contributed by atoms with van der Waals surface area (Å²) in [5.41, 5.74) is 7.29. The highest BCUT2D eigenvalue weighted by Gasteiger charge is 2.13. The van der Waals surface area contributed by atoms with Crippen LogP contribution in [0.25, 0.3) is 0 Å². The third kappa shape index (κ3) is 3.20. The van der Waals surface area contributed by atoms with Crippen molar-refractivity contribution in [3.63, 3.8) is 0 Å². The minimum absolute atomic E-state index is 0.0128. The maximum Gasteiger partial charge on any atom is 0.284 e. The van der Waals surface area contributed by atoms with Crippen molar-refractivity contribution < 1.29 is 8.42 Å². The van der Waals surface area contributed by atoms with E-state index in [9.17, 15) is 8.42 Å². The van der Waals surface area contributed by atoms with Gasteiger partial charge in [0.2, 0.25) is 0 Å². The summed E-state index contributed by atoms with van der Waals surface area (Å²) >= 11 is 0. The zero-order valence-corrected chi connectivity index (χ0v) is 11.3. The van der Waals surface area contributed by atoms with E-state index < -0.39 is 10.0 Å². The van der Waals surface area contributed by atoms with E-state index in [2.05, 4.69) is 4.40 Å². The van der Waals surface area contributed by atoms with Gasteiger partial charge in [-0.1, -0.05) is 48.0 Å². The number of benzene rings is 2. The Balaban J connectivity index is 2.39. The molecule has 0 spiro atoms. The predicted octanol–water partition coefficient (Wildman–Crippen LogP) is 2.09. The molecule has 0 atom stereocenters. The summed E-state index contributed by atoms with van der Waals surface area (Å²) in [6.45, 7) is 1.89. The number of nitrogens with two attached hydrogens (primary N) is 1. The summed E-state index contributed by atoms with van der Waals surface area (Å²) < 4.78 is 27.8. The van der Waals surface area contributed by atoms with E-state index in [0.29, 0.717) is 5.56 Å². The molecule has 0 aliphatic rings. The van der Waals surface area contributed by atoms with Gasteiger partial charge in [-0.25, -0.2) is 0 Å². The molecule has 0 bridgehead atoms. The van der Waals surface area contributed by atoms with Gasteiger partial charge in [0.15, 0.2) is 0 Å². The number of rotatable bonds is 3. The van der Waals surface area contributed by atoms with E-state index in [4.69, 9.17) is 5.73 Å². The highest BCUT2D eigenvalue weighted by molar-refractivity contribution is 7.90. The van der Waals surface area contributed by atoms with Crippen LogP contribution in [0, 0.1) is 6.92 Å². The summed E-state index contributed by atoms with van der Waals surface area (Å²) in [6, 6.07) is 15.3. The third-order valence-electron chi connectivity index (χ3n) is 2.61. The summed E-state index contributed by atoms with van der Waals surface area (Å²) in [6.07, 6.45) is 0. The average Bonchev–Trinajstić information content (AvgIpc) is 2.40. The fourth-order valence-corrected chi connectivity index (χ4v) is 2.50. The lowest BCUT2D eigenvalue weighted by atomic mass is 10.2. The number of amidine groups is 1. The molecule has 2 aromatic carbocycles. The summed E-state index contributed by atoms with van der Waals surface area (Å²) in [7, 11) is -3.76. The van der Waals surface area contributed by atoms with Crippen molar-refractivity contribution in [1.82, 2.24) is 0 Å². The first-order valence-electron chi connectivity index (χ1n) is 5.71. The monoisotopic (exact) mass is 274 g/mol. The van der Waals surface area contributed by atoms with Crippen LogP contribution in [0.5, 0.6) is 0 Å². The fourth-order valence-electron chi connectivity index (χ4n) is 1.55. The lowest BCUT2D eigenvalue weighted by Gasteiger charge is -2.02. The minimum atomic E-state index is -3.76.